The van der Waals surface area contributed by atoms with Crippen molar-refractivity contribution < 1.29 is 29.3 Å². The van der Waals surface area contributed by atoms with Gasteiger partial charge in [-0.2, -0.15) is 0 Å². The Hall–Kier alpha value is -3.60. The second-order valence-corrected chi connectivity index (χ2v) is 11.3. The molecule has 9 nitrogen and oxygen atoms in total. The third-order valence-electron chi connectivity index (χ3n) is 8.03. The highest BCUT2D eigenvalue weighted by molar-refractivity contribution is 5.90. The molecule has 2 aliphatic heterocycles. The highest BCUT2D eigenvalue weighted by atomic mass is 16.7. The van der Waals surface area contributed by atoms with E-state index in [-0.39, 0.29) is 44.0 Å². The minimum absolute atomic E-state index is 0.00870. The number of aliphatic carboxylic acids is 1. The molecule has 2 saturated heterocycles. The number of rotatable bonds is 12. The molecule has 3 aromatic rings. The van der Waals surface area contributed by atoms with Crippen molar-refractivity contribution in [2.45, 2.75) is 57.3 Å². The maximum absolute atomic E-state index is 12.4. The van der Waals surface area contributed by atoms with Gasteiger partial charge in [-0.05, 0) is 35.2 Å². The molecule has 3 atom stereocenters. The predicted octanol–water partition coefficient (Wildman–Crippen LogP) is 4.74. The average molecular weight is 588 g/mol. The molecule has 0 saturated carbocycles. The number of piperazine rings is 1. The van der Waals surface area contributed by atoms with Gasteiger partial charge in [0, 0.05) is 69.8 Å². The number of carbonyl (C=O) groups is 2. The molecule has 0 aromatic heterocycles. The van der Waals surface area contributed by atoms with Crippen molar-refractivity contribution in [1.29, 1.82) is 0 Å². The lowest BCUT2D eigenvalue weighted by Crippen LogP contribution is -2.49. The Morgan fingerprint density at radius 1 is 0.814 bits per heavy atom. The van der Waals surface area contributed by atoms with E-state index in [0.717, 1.165) is 56.0 Å². The number of nitrogens with one attached hydrogen (secondary N) is 1. The van der Waals surface area contributed by atoms with Crippen LogP contribution >= 0.6 is 0 Å². The third-order valence-corrected chi connectivity index (χ3v) is 8.03. The Kier molecular flexibility index (Phi) is 10.9. The summed E-state index contributed by atoms with van der Waals surface area (Å²) in [7, 11) is 0. The summed E-state index contributed by atoms with van der Waals surface area (Å²) >= 11 is 0. The molecule has 0 radical (unpaired) electrons. The number of nitrogens with zero attached hydrogens (tertiary/aromatic N) is 2. The number of carboxylic acid groups (broad SMARTS) is 1. The molecule has 0 aliphatic carbocycles. The second-order valence-electron chi connectivity index (χ2n) is 11.3. The molecule has 2 fully saturated rings. The molecule has 2 heterocycles. The Morgan fingerprint density at radius 3 is 2.28 bits per heavy atom. The van der Waals surface area contributed by atoms with Gasteiger partial charge < -0.3 is 25.0 Å². The second kappa shape index (κ2) is 15.2. The van der Waals surface area contributed by atoms with Crippen LogP contribution in [-0.2, 0) is 32.2 Å². The standard InChI is InChI=1S/C34H41N3O6/c38-24-26-12-14-27(15-13-26)31-21-30(23-37-18-16-36(17-19-37)22-25-6-2-1-3-7-25)42-34(43-31)28-8-4-9-29(20-28)35-32(39)10-5-11-33(40)41/h1-4,6-9,12-15,20,30-31,34,38H,5,10-11,16-19,21-24H2,(H,35,39)(H,40,41). The van der Waals surface area contributed by atoms with Crippen molar-refractivity contribution in [3.63, 3.8) is 0 Å². The topological polar surface area (TPSA) is 112 Å². The first kappa shape index (κ1) is 30.8. The van der Waals surface area contributed by atoms with Crippen LogP contribution in [0.3, 0.4) is 0 Å². The maximum atomic E-state index is 12.4. The van der Waals surface area contributed by atoms with E-state index in [1.54, 1.807) is 6.07 Å². The fraction of sp³-hybridized carbons (Fsp3) is 0.412. The van der Waals surface area contributed by atoms with Gasteiger partial charge in [0.05, 0.1) is 18.8 Å². The van der Waals surface area contributed by atoms with E-state index in [1.165, 1.54) is 5.56 Å². The van der Waals surface area contributed by atoms with Gasteiger partial charge in [0.15, 0.2) is 6.29 Å². The lowest BCUT2D eigenvalue weighted by atomic mass is 9.99. The van der Waals surface area contributed by atoms with Gasteiger partial charge in [-0.15, -0.1) is 0 Å². The van der Waals surface area contributed by atoms with Crippen molar-refractivity contribution in [2.24, 2.45) is 0 Å². The van der Waals surface area contributed by atoms with E-state index >= 15 is 0 Å². The summed E-state index contributed by atoms with van der Waals surface area (Å²) in [6.07, 6.45) is 0.222. The number of benzene rings is 3. The van der Waals surface area contributed by atoms with Crippen LogP contribution in [0.5, 0.6) is 0 Å². The van der Waals surface area contributed by atoms with E-state index in [4.69, 9.17) is 14.6 Å². The molecule has 3 unspecified atom stereocenters. The highest BCUT2D eigenvalue weighted by Gasteiger charge is 2.34. The Bertz CT molecular complexity index is 1330. The van der Waals surface area contributed by atoms with E-state index in [0.29, 0.717) is 12.1 Å². The summed E-state index contributed by atoms with van der Waals surface area (Å²) in [6, 6.07) is 25.9. The van der Waals surface area contributed by atoms with Gasteiger partial charge in [0.2, 0.25) is 5.91 Å². The zero-order valence-electron chi connectivity index (χ0n) is 24.4. The molecule has 9 heteroatoms. The number of aliphatic hydroxyl groups excluding tert-OH is 1. The van der Waals surface area contributed by atoms with Crippen LogP contribution in [-0.4, -0.2) is 70.7 Å². The number of ether oxygens (including phenoxy) is 2. The van der Waals surface area contributed by atoms with Crippen LogP contribution < -0.4 is 5.32 Å². The zero-order valence-corrected chi connectivity index (χ0v) is 24.4. The monoisotopic (exact) mass is 587 g/mol. The molecule has 0 bridgehead atoms. The quantitative estimate of drug-likeness (QED) is 0.279. The summed E-state index contributed by atoms with van der Waals surface area (Å²) in [5, 5.41) is 21.2. The Balaban J connectivity index is 1.24. The number of amides is 1. The number of carboxylic acids is 1. The fourth-order valence-corrected chi connectivity index (χ4v) is 5.68. The SMILES string of the molecule is O=C(O)CCCC(=O)Nc1cccc(C2OC(CN3CCN(Cc4ccccc4)CC3)CC(c3ccc(CO)cc3)O2)c1. The minimum atomic E-state index is -0.912. The fourth-order valence-electron chi connectivity index (χ4n) is 5.68. The lowest BCUT2D eigenvalue weighted by molar-refractivity contribution is -0.253. The predicted molar refractivity (Wildman–Crippen MR) is 163 cm³/mol. The number of hydrogen-bond donors (Lipinski definition) is 3. The van der Waals surface area contributed by atoms with Gasteiger partial charge in [0.1, 0.15) is 0 Å². The number of hydrogen-bond acceptors (Lipinski definition) is 7. The van der Waals surface area contributed by atoms with Crippen LogP contribution in [0.15, 0.2) is 78.9 Å². The van der Waals surface area contributed by atoms with Gasteiger partial charge >= 0.3 is 5.97 Å². The van der Waals surface area contributed by atoms with E-state index in [2.05, 4.69) is 39.4 Å². The summed E-state index contributed by atoms with van der Waals surface area (Å²) in [6.45, 7) is 5.69. The van der Waals surface area contributed by atoms with Crippen molar-refractivity contribution in [2.75, 3.05) is 38.0 Å². The molecule has 43 heavy (non-hydrogen) atoms. The van der Waals surface area contributed by atoms with Crippen LogP contribution in [0, 0.1) is 0 Å². The first-order chi connectivity index (χ1) is 20.9. The number of carbonyl (C=O) groups excluding carboxylic acids is 1. The summed E-state index contributed by atoms with van der Waals surface area (Å²) < 4.78 is 13.0. The van der Waals surface area contributed by atoms with Gasteiger partial charge in [0.25, 0.3) is 0 Å². The number of aliphatic hydroxyl groups is 1. The molecule has 5 rings (SSSR count). The van der Waals surface area contributed by atoms with Crippen LogP contribution in [0.4, 0.5) is 5.69 Å². The van der Waals surface area contributed by atoms with Crippen LogP contribution in [0.1, 0.15) is 60.3 Å². The largest absolute Gasteiger partial charge is 0.481 e. The lowest BCUT2D eigenvalue weighted by Gasteiger charge is -2.41. The molecule has 228 valence electrons. The van der Waals surface area contributed by atoms with E-state index < -0.39 is 12.3 Å². The molecular formula is C34H41N3O6. The Labute approximate surface area is 253 Å². The highest BCUT2D eigenvalue weighted by Crippen LogP contribution is 2.38. The molecule has 3 N–H and O–H groups in total. The summed E-state index contributed by atoms with van der Waals surface area (Å²) in [4.78, 5) is 28.1. The molecule has 0 spiro atoms. The van der Waals surface area contributed by atoms with Crippen molar-refractivity contribution in [1.82, 2.24) is 9.80 Å². The molecule has 2 aliphatic rings. The molecule has 3 aromatic carbocycles. The van der Waals surface area contributed by atoms with Crippen molar-refractivity contribution in [3.8, 4) is 0 Å². The first-order valence-corrected chi connectivity index (χ1v) is 15.1. The van der Waals surface area contributed by atoms with Crippen LogP contribution in [0.25, 0.3) is 0 Å². The smallest absolute Gasteiger partial charge is 0.303 e. The normalized spacial score (nSPS) is 21.4. The summed E-state index contributed by atoms with van der Waals surface area (Å²) in [5.74, 6) is -1.14. The van der Waals surface area contributed by atoms with Gasteiger partial charge in [-0.1, -0.05) is 66.7 Å². The first-order valence-electron chi connectivity index (χ1n) is 15.1. The van der Waals surface area contributed by atoms with Crippen molar-refractivity contribution >= 4 is 17.6 Å². The third kappa shape index (κ3) is 9.19. The van der Waals surface area contributed by atoms with E-state index in [9.17, 15) is 14.7 Å². The van der Waals surface area contributed by atoms with Crippen LogP contribution in [0.2, 0.25) is 0 Å². The molecule has 1 amide bonds. The minimum Gasteiger partial charge on any atom is -0.481 e. The van der Waals surface area contributed by atoms with Gasteiger partial charge in [-0.3, -0.25) is 19.4 Å². The zero-order chi connectivity index (χ0) is 30.0. The van der Waals surface area contributed by atoms with Gasteiger partial charge in [-0.25, -0.2) is 0 Å². The summed E-state index contributed by atoms with van der Waals surface area (Å²) in [5.41, 5.74) is 4.64. The van der Waals surface area contributed by atoms with E-state index in [1.807, 2.05) is 48.5 Å². The number of anilines is 1. The average Bonchev–Trinajstić information content (AvgIpc) is 3.02. The maximum Gasteiger partial charge on any atom is 0.303 e. The molecular weight excluding hydrogens is 546 g/mol. The van der Waals surface area contributed by atoms with Crippen molar-refractivity contribution in [3.05, 3.63) is 101 Å². The Morgan fingerprint density at radius 2 is 1.56 bits per heavy atom.